The molecule has 0 saturated heterocycles. The van der Waals surface area contributed by atoms with Crippen molar-refractivity contribution in [1.29, 1.82) is 0 Å². The van der Waals surface area contributed by atoms with Gasteiger partial charge in [0.05, 0.1) is 88.0 Å². The molecule has 2 aliphatic carbocycles. The summed E-state index contributed by atoms with van der Waals surface area (Å²) in [6.07, 6.45) is 19.9. The van der Waals surface area contributed by atoms with Crippen LogP contribution in [0.1, 0.15) is 123 Å². The fourth-order valence-electron chi connectivity index (χ4n) is 18.0. The summed E-state index contributed by atoms with van der Waals surface area (Å²) in [5, 5.41) is 34.2. The number of hydrogen-bond acceptors (Lipinski definition) is 28. The van der Waals surface area contributed by atoms with Gasteiger partial charge in [0.25, 0.3) is 0 Å². The predicted octanol–water partition coefficient (Wildman–Crippen LogP) is 12.7. The van der Waals surface area contributed by atoms with E-state index in [1.807, 2.05) is 174 Å². The fraction of sp³-hybridized carbons (Fsp3) is 0.318. The van der Waals surface area contributed by atoms with E-state index in [1.165, 1.54) is 24.3 Å². The van der Waals surface area contributed by atoms with Crippen molar-refractivity contribution in [3.8, 4) is 0 Å². The van der Waals surface area contributed by atoms with E-state index < -0.39 is 105 Å². The summed E-state index contributed by atoms with van der Waals surface area (Å²) in [6.45, 7) is 17.6. The lowest BCUT2D eigenvalue weighted by Gasteiger charge is -2.28. The molecule has 4 aliphatic heterocycles. The van der Waals surface area contributed by atoms with Gasteiger partial charge in [-0.15, -0.1) is 0 Å². The highest BCUT2D eigenvalue weighted by atomic mass is 35.5. The standard InChI is InChI=1S/C43H46N2O12S4.C42H43ClN2O12S4/c1-27-28(11-19-38-42(2,3)40-34-15-13-32(58-57-56-46)25-30(34)9-17-36(40)44(38)21-23-59(47,48)49)7-6-8-29(27)12-20-39-43(4,5)41-35-16-14-33(61(53,54)55)26-31(35)10-18-37(41)45(39)22-24-60(50,51)52;1-41(2)36(44(20-22-59(47,48)49)34-16-8-28-24-30(58-57-56-46)12-14-32(28)38(34)41)18-10-26-6-5-7-27(40(26)43)11-19-37-42(3,4)39-33-15-13-31(61(53,54)55)25-29(33)9-17-35(39)45(37)21-23-60(50,51)52/h9-20,25-26H,6-8,21-24H2,1-5H3,(H3-,46,47,48,49,50,51,52,53,54,55);8-19,24-25H,5-7,20-23H2,1-4H3,(H3-,46,47,48,49,50,51,52,53,54,55)/p-6. The largest absolute Gasteiger partial charge is 0.748 e. The Morgan fingerprint density at radius 3 is 1.18 bits per heavy atom. The molecular formula is C85H83ClN4O24S8-6. The van der Waals surface area contributed by atoms with Gasteiger partial charge in [-0.1, -0.05) is 100.0 Å². The molecule has 122 heavy (non-hydrogen) atoms. The minimum atomic E-state index is -4.72. The summed E-state index contributed by atoms with van der Waals surface area (Å²) in [6, 6.07) is 33.7. The summed E-state index contributed by atoms with van der Waals surface area (Å²) in [5.74, 6) is -2.53. The van der Waals surface area contributed by atoms with Crippen LogP contribution in [0.3, 0.4) is 0 Å². The van der Waals surface area contributed by atoms with Crippen molar-refractivity contribution in [2.24, 2.45) is 0 Å². The van der Waals surface area contributed by atoms with Crippen LogP contribution in [0.25, 0.3) is 43.1 Å². The van der Waals surface area contributed by atoms with E-state index >= 15 is 0 Å². The Balaban J connectivity index is 0.000000210. The van der Waals surface area contributed by atoms with Gasteiger partial charge in [-0.05, 0) is 240 Å². The fourth-order valence-corrected chi connectivity index (χ4v) is 21.7. The third kappa shape index (κ3) is 19.2. The maximum atomic E-state index is 11.9. The Bertz CT molecular complexity index is 6380. The second kappa shape index (κ2) is 34.7. The lowest BCUT2D eigenvalue weighted by atomic mass is 9.78. The van der Waals surface area contributed by atoms with E-state index in [0.717, 1.165) is 150 Å². The number of fused-ring (bicyclic) bond motifs is 12. The highest BCUT2D eigenvalue weighted by Gasteiger charge is 2.49. The lowest BCUT2D eigenvalue weighted by molar-refractivity contribution is -0.777. The van der Waals surface area contributed by atoms with Crippen molar-refractivity contribution >= 4 is 174 Å². The molecule has 0 atom stereocenters. The zero-order chi connectivity index (χ0) is 88.6. The van der Waals surface area contributed by atoms with E-state index in [9.17, 15) is 88.3 Å². The van der Waals surface area contributed by atoms with Gasteiger partial charge in [-0.25, -0.2) is 50.5 Å². The number of nitrogens with zero attached hydrogens (tertiary/aromatic N) is 4. The molecule has 0 saturated carbocycles. The van der Waals surface area contributed by atoms with E-state index in [4.69, 9.17) is 11.6 Å². The molecule has 14 rings (SSSR count). The number of benzene rings is 8. The van der Waals surface area contributed by atoms with Gasteiger partial charge in [0, 0.05) is 96.9 Å². The van der Waals surface area contributed by atoms with Gasteiger partial charge < -0.3 is 47.6 Å². The molecule has 0 unspecified atom stereocenters. The number of hydrogen-bond donors (Lipinski definition) is 0. The number of allylic oxidation sites excluding steroid dienone is 16. The monoisotopic (exact) mass is 1830 g/mol. The summed E-state index contributed by atoms with van der Waals surface area (Å²) < 4.78 is 226. The maximum Gasteiger partial charge on any atom is 0.210 e. The van der Waals surface area contributed by atoms with Crippen molar-refractivity contribution in [2.75, 3.05) is 59.0 Å². The third-order valence-electron chi connectivity index (χ3n) is 23.5. The summed E-state index contributed by atoms with van der Waals surface area (Å²) >= 11 is 8.70. The molecule has 8 aromatic carbocycles. The minimum Gasteiger partial charge on any atom is -0.748 e. The van der Waals surface area contributed by atoms with Crippen LogP contribution in [0.2, 0.25) is 0 Å². The molecule has 648 valence electrons. The first-order valence-corrected chi connectivity index (χ1v) is 49.4. The van der Waals surface area contributed by atoms with Crippen LogP contribution in [-0.2, 0) is 101 Å². The highest BCUT2D eigenvalue weighted by Crippen LogP contribution is 2.55. The van der Waals surface area contributed by atoms with E-state index in [2.05, 4.69) is 18.7 Å². The van der Waals surface area contributed by atoms with Gasteiger partial charge >= 0.3 is 0 Å². The van der Waals surface area contributed by atoms with Crippen molar-refractivity contribution in [3.05, 3.63) is 236 Å². The molecule has 0 aromatic heterocycles. The molecular weight excluding hydrogens is 1750 g/mol. The maximum absolute atomic E-state index is 11.9. The Labute approximate surface area is 721 Å². The van der Waals surface area contributed by atoms with E-state index in [0.29, 0.717) is 66.3 Å². The van der Waals surface area contributed by atoms with Gasteiger partial charge in [-0.2, -0.15) is 17.8 Å². The van der Waals surface area contributed by atoms with Crippen molar-refractivity contribution < 1.29 is 116 Å². The molecule has 8 aromatic rings. The molecule has 0 bridgehead atoms. The van der Waals surface area contributed by atoms with Crippen LogP contribution in [0, 0.1) is 0 Å². The van der Waals surface area contributed by atoms with Crippen LogP contribution >= 0.6 is 35.7 Å². The number of anilines is 2. The Hall–Kier alpha value is -8.13. The summed E-state index contributed by atoms with van der Waals surface area (Å²) in [5.41, 5.74) is 11.1. The molecule has 37 heteroatoms. The first-order chi connectivity index (χ1) is 57.0. The van der Waals surface area contributed by atoms with Crippen LogP contribution in [-0.4, -0.2) is 148 Å². The SMILES string of the molecule is CC1(C)C(=CC=C2CCCC(C=CC3=[N+](CCS(=O)(=O)[O-])c4ccc5cc(S(=O)(=O)[O-])ccc5c4C3(C)C)=C2Cl)N(CCS(=O)(=O)[O-])c2ccc3cc(SOO[O-])ccc3c21.CC1=C(C=CC2=[N+](CCS(=O)(=O)[O-])c3ccc4cc(S(=O)(=O)[O-])ccc4c3C2(C)C)CCCC1=CC=C1N(CCS(=O)(=O)[O-])c2ccc3cc(SOO[O-])ccc3c2C1(C)C. The van der Waals surface area contributed by atoms with Gasteiger partial charge in [0.15, 0.2) is 24.5 Å². The molecule has 0 spiro atoms. The van der Waals surface area contributed by atoms with E-state index in [1.54, 1.807) is 53.1 Å². The van der Waals surface area contributed by atoms with Gasteiger partial charge in [0.2, 0.25) is 11.4 Å². The topological polar surface area (TPSA) is 439 Å². The third-order valence-corrected chi connectivity index (χ3v) is 29.5. The van der Waals surface area contributed by atoms with Crippen molar-refractivity contribution in [1.82, 2.24) is 0 Å². The number of halogens is 1. The second-order valence-corrected chi connectivity index (χ2v) is 43.3. The zero-order valence-electron chi connectivity index (χ0n) is 67.3. The molecule has 28 nitrogen and oxygen atoms in total. The van der Waals surface area contributed by atoms with Crippen molar-refractivity contribution in [3.63, 3.8) is 0 Å². The normalized spacial score (nSPS) is 19.3. The average Bonchev–Trinajstić information content (AvgIpc) is 1.58. The Kier molecular flexibility index (Phi) is 26.0. The van der Waals surface area contributed by atoms with Gasteiger partial charge in [-0.3, -0.25) is 10.1 Å². The molecule has 0 amide bonds. The van der Waals surface area contributed by atoms with Gasteiger partial charge in [0.1, 0.15) is 40.5 Å². The first-order valence-electron chi connectivity index (χ1n) is 38.4. The number of rotatable bonds is 26. The van der Waals surface area contributed by atoms with Crippen LogP contribution in [0.5, 0.6) is 0 Å². The molecule has 0 N–H and O–H groups in total. The smallest absolute Gasteiger partial charge is 0.210 e. The molecule has 0 radical (unpaired) electrons. The van der Waals surface area contributed by atoms with Crippen LogP contribution in [0.15, 0.2) is 234 Å². The lowest BCUT2D eigenvalue weighted by Crippen LogP contribution is -2.30. The Morgan fingerprint density at radius 1 is 0.418 bits per heavy atom. The summed E-state index contributed by atoms with van der Waals surface area (Å²) in [4.78, 5) is 4.27. The summed E-state index contributed by atoms with van der Waals surface area (Å²) in [7, 11) is -27.7. The van der Waals surface area contributed by atoms with Crippen LogP contribution in [0.4, 0.5) is 22.7 Å². The van der Waals surface area contributed by atoms with Crippen LogP contribution < -0.4 is 20.3 Å². The minimum absolute atomic E-state index is 0.0523. The molecule has 4 heterocycles. The average molecular weight is 1840 g/mol. The predicted molar refractivity (Wildman–Crippen MR) is 456 cm³/mol. The quantitative estimate of drug-likeness (QED) is 0.0160. The van der Waals surface area contributed by atoms with E-state index in [-0.39, 0.29) is 36.0 Å². The van der Waals surface area contributed by atoms with Crippen molar-refractivity contribution in [2.45, 2.75) is 142 Å². The highest BCUT2D eigenvalue weighted by molar-refractivity contribution is 7.94. The Morgan fingerprint density at radius 2 is 0.779 bits per heavy atom. The molecule has 6 aliphatic rings. The second-order valence-electron chi connectivity index (χ2n) is 32.5. The zero-order valence-corrected chi connectivity index (χ0v) is 74.6. The molecule has 0 fully saturated rings. The first kappa shape index (κ1) is 91.6.